The number of alkyl halides is 3. The quantitative estimate of drug-likeness (QED) is 0.460. The number of nitrogens with one attached hydrogen (secondary N) is 3. The van der Waals surface area contributed by atoms with E-state index in [9.17, 15) is 37.6 Å². The molecule has 3 fully saturated rings. The van der Waals surface area contributed by atoms with Crippen LogP contribution in [0.25, 0.3) is 0 Å². The van der Waals surface area contributed by atoms with Gasteiger partial charge in [-0.2, -0.15) is 18.4 Å². The molecule has 0 radical (unpaired) electrons. The molecular formula is C23H34F3N5O5. The van der Waals surface area contributed by atoms with Gasteiger partial charge in [-0.25, -0.2) is 0 Å². The Kier molecular flexibility index (Phi) is 8.05. The Morgan fingerprint density at radius 2 is 1.83 bits per heavy atom. The molecule has 0 spiro atoms. The summed E-state index contributed by atoms with van der Waals surface area (Å²) in [6.07, 6.45) is -4.49. The van der Waals surface area contributed by atoms with Crippen molar-refractivity contribution in [2.24, 2.45) is 28.6 Å². The van der Waals surface area contributed by atoms with Gasteiger partial charge in [0.25, 0.3) is 0 Å². The molecule has 36 heavy (non-hydrogen) atoms. The molecule has 2 aliphatic heterocycles. The van der Waals surface area contributed by atoms with E-state index >= 15 is 0 Å². The Labute approximate surface area is 207 Å². The van der Waals surface area contributed by atoms with Gasteiger partial charge in [0.05, 0.1) is 6.07 Å². The highest BCUT2D eigenvalue weighted by molar-refractivity contribution is 5.95. The van der Waals surface area contributed by atoms with E-state index in [1.165, 1.54) is 25.7 Å². The third-order valence-electron chi connectivity index (χ3n) is 7.56. The Morgan fingerprint density at radius 1 is 1.22 bits per heavy atom. The van der Waals surface area contributed by atoms with Crippen LogP contribution in [-0.2, 0) is 19.2 Å². The molecule has 6 atom stereocenters. The molecule has 0 bridgehead atoms. The van der Waals surface area contributed by atoms with Gasteiger partial charge >= 0.3 is 12.1 Å². The molecule has 13 heteroatoms. The highest BCUT2D eigenvalue weighted by Crippen LogP contribution is 2.65. The number of halogens is 3. The minimum atomic E-state index is -5.16. The van der Waals surface area contributed by atoms with Crippen molar-refractivity contribution in [2.75, 3.05) is 13.1 Å². The maximum atomic E-state index is 13.5. The molecule has 1 saturated carbocycles. The summed E-state index contributed by atoms with van der Waals surface area (Å²) in [6, 6.07) is -1.48. The van der Waals surface area contributed by atoms with Crippen LogP contribution in [0.15, 0.2) is 0 Å². The summed E-state index contributed by atoms with van der Waals surface area (Å²) in [6.45, 7) is 9.13. The maximum Gasteiger partial charge on any atom is 0.471 e. The van der Waals surface area contributed by atoms with Crippen molar-refractivity contribution >= 4 is 23.6 Å². The number of hydrogen-bond acceptors (Lipinski definition) is 5. The molecule has 0 aromatic rings. The summed E-state index contributed by atoms with van der Waals surface area (Å²) >= 11 is 0. The van der Waals surface area contributed by atoms with Crippen molar-refractivity contribution in [1.82, 2.24) is 20.9 Å². The fourth-order valence-corrected chi connectivity index (χ4v) is 5.40. The highest BCUT2D eigenvalue weighted by atomic mass is 19.4. The van der Waals surface area contributed by atoms with Crippen molar-refractivity contribution in [3.8, 4) is 6.07 Å². The Morgan fingerprint density at radius 3 is 2.31 bits per heavy atom. The van der Waals surface area contributed by atoms with E-state index in [4.69, 9.17) is 0 Å². The lowest BCUT2D eigenvalue weighted by atomic mass is 9.85. The second kappa shape index (κ2) is 9.88. The average molecular weight is 518 g/mol. The molecule has 10 nitrogen and oxygen atoms in total. The lowest BCUT2D eigenvalue weighted by molar-refractivity contribution is -0.176. The number of piperidine rings is 1. The van der Waals surface area contributed by atoms with Gasteiger partial charge in [-0.15, -0.1) is 0 Å². The highest BCUT2D eigenvalue weighted by Gasteiger charge is 2.70. The maximum absolute atomic E-state index is 13.5. The van der Waals surface area contributed by atoms with Crippen LogP contribution in [0.5, 0.6) is 0 Å². The normalized spacial score (nSPS) is 28.1. The van der Waals surface area contributed by atoms with Crippen molar-refractivity contribution in [2.45, 2.75) is 71.8 Å². The van der Waals surface area contributed by atoms with E-state index in [0.717, 1.165) is 0 Å². The fourth-order valence-electron chi connectivity index (χ4n) is 5.40. The summed E-state index contributed by atoms with van der Waals surface area (Å²) in [5.41, 5.74) is -1.33. The van der Waals surface area contributed by atoms with E-state index in [1.807, 2.05) is 19.9 Å². The van der Waals surface area contributed by atoms with Crippen LogP contribution in [-0.4, -0.2) is 71.4 Å². The van der Waals surface area contributed by atoms with Gasteiger partial charge < -0.3 is 26.3 Å². The number of carbonyl (C=O) groups is 4. The largest absolute Gasteiger partial charge is 0.471 e. The van der Waals surface area contributed by atoms with E-state index in [1.54, 1.807) is 5.32 Å². The van der Waals surface area contributed by atoms with Crippen molar-refractivity contribution in [3.63, 3.8) is 0 Å². The number of carbonyl (C=O) groups excluding carboxylic acids is 4. The monoisotopic (exact) mass is 517 g/mol. The van der Waals surface area contributed by atoms with Crippen LogP contribution in [0.3, 0.4) is 0 Å². The first-order chi connectivity index (χ1) is 16.0. The van der Waals surface area contributed by atoms with Crippen LogP contribution in [0.2, 0.25) is 0 Å². The summed E-state index contributed by atoms with van der Waals surface area (Å²) in [7, 11) is 0. The number of nitriles is 1. The molecule has 3 rings (SSSR count). The van der Waals surface area contributed by atoms with Crippen LogP contribution in [0, 0.1) is 39.9 Å². The predicted octanol–water partition coefficient (Wildman–Crippen LogP) is 0.272. The number of amides is 4. The molecule has 1 aliphatic carbocycles. The van der Waals surface area contributed by atoms with Gasteiger partial charge in [0.15, 0.2) is 0 Å². The number of likely N-dealkylation sites (tertiary alicyclic amines) is 1. The predicted molar refractivity (Wildman–Crippen MR) is 121 cm³/mol. The third-order valence-corrected chi connectivity index (χ3v) is 7.56. The molecule has 4 amide bonds. The molecule has 2 heterocycles. The second-order valence-electron chi connectivity index (χ2n) is 11.4. The van der Waals surface area contributed by atoms with Gasteiger partial charge in [-0.05, 0) is 35.5 Å². The van der Waals surface area contributed by atoms with E-state index in [2.05, 4.69) is 10.6 Å². The number of fused-ring (bicyclic) bond motifs is 1. The van der Waals surface area contributed by atoms with Crippen molar-refractivity contribution in [3.05, 3.63) is 0 Å². The number of nitrogens with zero attached hydrogens (tertiary/aromatic N) is 2. The summed E-state index contributed by atoms with van der Waals surface area (Å²) in [5.74, 6) is -4.46. The smallest absolute Gasteiger partial charge is 0.412 e. The summed E-state index contributed by atoms with van der Waals surface area (Å²) in [5, 5.41) is 16.7. The van der Waals surface area contributed by atoms with E-state index in [-0.39, 0.29) is 41.6 Å². The molecular weight excluding hydrogens is 483 g/mol. The van der Waals surface area contributed by atoms with E-state index in [0.29, 0.717) is 13.0 Å². The van der Waals surface area contributed by atoms with Gasteiger partial charge in [-0.3, -0.25) is 19.2 Å². The minimum absolute atomic E-state index is 0. The molecule has 2 saturated heterocycles. The fraction of sp³-hybridized carbons (Fsp3) is 0.783. The number of rotatable bonds is 6. The van der Waals surface area contributed by atoms with E-state index < -0.39 is 53.4 Å². The standard InChI is InChI=1S/C23H32F3N5O4.H2O/c1-21(2,3)16(30-20(35)23(24,25)26)19(34)31-10-13-14(22(13,4)5)15(31)18(33)29-12(9-27)8-11-6-7-28-17(11)32;/h11-16H,6-8,10H2,1-5H3,(H,28,32)(H,29,33)(H,30,35);1H2/t11-,12-,13-,14-,15-,16+;/m0./s1. The van der Waals surface area contributed by atoms with Crippen molar-refractivity contribution < 1.29 is 37.8 Å². The molecule has 202 valence electrons. The van der Waals surface area contributed by atoms with Gasteiger partial charge in [-0.1, -0.05) is 34.6 Å². The van der Waals surface area contributed by atoms with Gasteiger partial charge in [0.2, 0.25) is 17.7 Å². The summed E-state index contributed by atoms with van der Waals surface area (Å²) in [4.78, 5) is 51.6. The van der Waals surface area contributed by atoms with Crippen LogP contribution < -0.4 is 16.0 Å². The molecule has 0 aromatic heterocycles. The molecule has 0 aromatic carbocycles. The zero-order chi connectivity index (χ0) is 26.5. The van der Waals surface area contributed by atoms with Crippen LogP contribution >= 0.6 is 0 Å². The first kappa shape index (κ1) is 29.4. The zero-order valence-corrected chi connectivity index (χ0v) is 21.0. The zero-order valence-electron chi connectivity index (χ0n) is 21.0. The Bertz CT molecular complexity index is 955. The SMILES string of the molecule is CC(C)(C)[C@H](NC(=O)C(F)(F)F)C(=O)N1C[C@H]2[C@@H]([C@H]1C(=O)N[C@H](C#N)C[C@@H]1CCNC1=O)C2(C)C.O. The first-order valence-electron chi connectivity index (χ1n) is 11.7. The molecule has 5 N–H and O–H groups in total. The minimum Gasteiger partial charge on any atom is -0.412 e. The number of hydrogen-bond donors (Lipinski definition) is 3. The van der Waals surface area contributed by atoms with Gasteiger partial charge in [0.1, 0.15) is 18.1 Å². The van der Waals surface area contributed by atoms with Crippen LogP contribution in [0.4, 0.5) is 13.2 Å². The lowest BCUT2D eigenvalue weighted by Crippen LogP contribution is -2.61. The van der Waals surface area contributed by atoms with Crippen LogP contribution in [0.1, 0.15) is 47.5 Å². The topological polar surface area (TPSA) is 163 Å². The van der Waals surface area contributed by atoms with Gasteiger partial charge in [0, 0.05) is 19.0 Å². The second-order valence-corrected chi connectivity index (χ2v) is 11.4. The molecule has 0 unspecified atom stereocenters. The Hall–Kier alpha value is -2.88. The lowest BCUT2D eigenvalue weighted by Gasteiger charge is -2.37. The Balaban J connectivity index is 0.00000456. The first-order valence-corrected chi connectivity index (χ1v) is 11.7. The van der Waals surface area contributed by atoms with Crippen molar-refractivity contribution in [1.29, 1.82) is 5.26 Å². The summed E-state index contributed by atoms with van der Waals surface area (Å²) < 4.78 is 38.8. The third kappa shape index (κ3) is 5.58. The average Bonchev–Trinajstić information content (AvgIpc) is 3.10. The molecule has 3 aliphatic rings.